The molecule has 0 spiro atoms. The van der Waals surface area contributed by atoms with Crippen LogP contribution < -0.4 is 10.1 Å². The first-order valence-electron chi connectivity index (χ1n) is 9.53. The molecule has 0 unspecified atom stereocenters. The number of hydrogen-bond donors (Lipinski definition) is 2. The Bertz CT molecular complexity index is 925. The first kappa shape index (κ1) is 21.3. The van der Waals surface area contributed by atoms with Crippen molar-refractivity contribution in [3.05, 3.63) is 54.0 Å². The molecule has 2 N–H and O–H groups in total. The van der Waals surface area contributed by atoms with E-state index < -0.39 is 6.61 Å². The molecule has 0 saturated carbocycles. The van der Waals surface area contributed by atoms with Gasteiger partial charge in [0.05, 0.1) is 6.26 Å². The van der Waals surface area contributed by atoms with E-state index >= 15 is 0 Å². The normalized spacial score (nSPS) is 11.7. The number of nitrogens with one attached hydrogen (secondary N) is 2. The highest BCUT2D eigenvalue weighted by Crippen LogP contribution is 2.16. The number of aromatic amines is 1. The molecule has 8 nitrogen and oxygen atoms in total. The second kappa shape index (κ2) is 10.4. The molecule has 2 aromatic heterocycles. The number of aliphatic imine (C=N–C) groups is 1. The minimum absolute atomic E-state index is 0.137. The number of aromatic nitrogens is 3. The lowest BCUT2D eigenvalue weighted by Gasteiger charge is -2.22. The van der Waals surface area contributed by atoms with Gasteiger partial charge in [-0.25, -0.2) is 4.98 Å². The second-order valence-electron chi connectivity index (χ2n) is 6.45. The summed E-state index contributed by atoms with van der Waals surface area (Å²) < 4.78 is 34.2. The van der Waals surface area contributed by atoms with Crippen LogP contribution in [0.15, 0.2) is 52.1 Å². The summed E-state index contributed by atoms with van der Waals surface area (Å²) in [6.45, 7) is 0.957. The average molecular weight is 418 g/mol. The fourth-order valence-corrected chi connectivity index (χ4v) is 2.79. The van der Waals surface area contributed by atoms with Crippen molar-refractivity contribution in [3.8, 4) is 17.3 Å². The zero-order valence-corrected chi connectivity index (χ0v) is 16.8. The molecular formula is C20H24F2N6O2. The Morgan fingerprint density at radius 2 is 2.10 bits per heavy atom. The Kier molecular flexibility index (Phi) is 7.36. The highest BCUT2D eigenvalue weighted by molar-refractivity contribution is 5.79. The lowest BCUT2D eigenvalue weighted by atomic mass is 10.2. The van der Waals surface area contributed by atoms with Gasteiger partial charge in [0.15, 0.2) is 11.7 Å². The molecule has 0 aliphatic rings. The molecule has 0 amide bonds. The van der Waals surface area contributed by atoms with Crippen molar-refractivity contribution in [1.82, 2.24) is 25.4 Å². The smallest absolute Gasteiger partial charge is 0.387 e. The van der Waals surface area contributed by atoms with Gasteiger partial charge in [-0.05, 0) is 36.8 Å². The molecule has 3 aromatic rings. The number of hydrogen-bond acceptors (Lipinski definition) is 5. The molecule has 0 saturated heterocycles. The Balaban J connectivity index is 1.56. The van der Waals surface area contributed by atoms with Crippen molar-refractivity contribution >= 4 is 5.96 Å². The topological polar surface area (TPSA) is 91.6 Å². The van der Waals surface area contributed by atoms with Crippen LogP contribution in [0.2, 0.25) is 0 Å². The van der Waals surface area contributed by atoms with Crippen LogP contribution in [0.4, 0.5) is 8.78 Å². The van der Waals surface area contributed by atoms with Crippen LogP contribution in [0, 0.1) is 0 Å². The zero-order valence-electron chi connectivity index (χ0n) is 16.8. The number of furan rings is 1. The predicted octanol–water partition coefficient (Wildman–Crippen LogP) is 3.31. The fourth-order valence-electron chi connectivity index (χ4n) is 2.79. The van der Waals surface area contributed by atoms with Crippen LogP contribution in [0.5, 0.6) is 5.75 Å². The average Bonchev–Trinajstić information content (AvgIpc) is 3.40. The number of benzene rings is 1. The van der Waals surface area contributed by atoms with Crippen molar-refractivity contribution < 1.29 is 17.9 Å². The van der Waals surface area contributed by atoms with Crippen molar-refractivity contribution in [2.75, 3.05) is 20.1 Å². The maximum atomic E-state index is 12.3. The van der Waals surface area contributed by atoms with E-state index in [2.05, 4.69) is 30.2 Å². The van der Waals surface area contributed by atoms with Crippen molar-refractivity contribution in [2.24, 2.45) is 4.99 Å². The van der Waals surface area contributed by atoms with Crippen LogP contribution in [0.1, 0.15) is 18.3 Å². The maximum absolute atomic E-state index is 12.3. The van der Waals surface area contributed by atoms with Crippen molar-refractivity contribution in [2.45, 2.75) is 26.5 Å². The van der Waals surface area contributed by atoms with Gasteiger partial charge in [0.1, 0.15) is 11.6 Å². The molecule has 30 heavy (non-hydrogen) atoms. The SMILES string of the molecule is CCNC(=NCCc1nc(-c2ccco2)n[nH]1)N(C)Cc1ccc(OC(F)F)cc1. The number of nitrogens with zero attached hydrogens (tertiary/aromatic N) is 4. The molecule has 3 rings (SSSR count). The quantitative estimate of drug-likeness (QED) is 0.409. The number of H-pyrrole nitrogens is 1. The lowest BCUT2D eigenvalue weighted by molar-refractivity contribution is -0.0498. The monoisotopic (exact) mass is 418 g/mol. The summed E-state index contributed by atoms with van der Waals surface area (Å²) in [4.78, 5) is 11.0. The Morgan fingerprint density at radius 3 is 2.77 bits per heavy atom. The largest absolute Gasteiger partial charge is 0.461 e. The van der Waals surface area contributed by atoms with Gasteiger partial charge in [0.2, 0.25) is 5.82 Å². The fraction of sp³-hybridized carbons (Fsp3) is 0.350. The minimum atomic E-state index is -2.83. The first-order valence-corrected chi connectivity index (χ1v) is 9.53. The third kappa shape index (κ3) is 6.03. The maximum Gasteiger partial charge on any atom is 0.387 e. The van der Waals surface area contributed by atoms with Crippen LogP contribution in [-0.4, -0.2) is 52.8 Å². The number of guanidine groups is 1. The molecule has 1 aromatic carbocycles. The Labute approximate surface area is 173 Å². The summed E-state index contributed by atoms with van der Waals surface area (Å²) in [5.41, 5.74) is 0.947. The van der Waals surface area contributed by atoms with E-state index in [9.17, 15) is 8.78 Å². The molecule has 10 heteroatoms. The van der Waals surface area contributed by atoms with Crippen LogP contribution in [0.25, 0.3) is 11.6 Å². The molecule has 0 aliphatic carbocycles. The highest BCUT2D eigenvalue weighted by atomic mass is 19.3. The summed E-state index contributed by atoms with van der Waals surface area (Å²) in [7, 11) is 1.91. The van der Waals surface area contributed by atoms with E-state index in [0.717, 1.165) is 23.9 Å². The van der Waals surface area contributed by atoms with Crippen LogP contribution in [-0.2, 0) is 13.0 Å². The standard InChI is InChI=1S/C20H24F2N6O2/c1-3-23-20(28(2)13-14-6-8-15(9-7-14)30-19(21)22)24-11-10-17-25-18(27-26-17)16-5-4-12-29-16/h4-9,12,19H,3,10-11,13H2,1-2H3,(H,23,24)(H,25,26,27). The third-order valence-electron chi connectivity index (χ3n) is 4.15. The lowest BCUT2D eigenvalue weighted by Crippen LogP contribution is -2.38. The van der Waals surface area contributed by atoms with Crippen LogP contribution >= 0.6 is 0 Å². The van der Waals surface area contributed by atoms with Gasteiger partial charge in [0.25, 0.3) is 0 Å². The highest BCUT2D eigenvalue weighted by Gasteiger charge is 2.10. The van der Waals surface area contributed by atoms with E-state index in [1.807, 2.05) is 18.9 Å². The molecule has 2 heterocycles. The molecule has 0 atom stereocenters. The van der Waals surface area contributed by atoms with Crippen LogP contribution in [0.3, 0.4) is 0 Å². The van der Waals surface area contributed by atoms with Gasteiger partial charge < -0.3 is 19.4 Å². The molecule has 160 valence electrons. The number of ether oxygens (including phenoxy) is 1. The number of halogens is 2. The van der Waals surface area contributed by atoms with E-state index in [0.29, 0.717) is 31.1 Å². The van der Waals surface area contributed by atoms with E-state index in [4.69, 9.17) is 4.42 Å². The summed E-state index contributed by atoms with van der Waals surface area (Å²) >= 11 is 0. The van der Waals surface area contributed by atoms with E-state index in [1.165, 1.54) is 12.1 Å². The summed E-state index contributed by atoms with van der Waals surface area (Å²) in [5, 5.41) is 10.3. The molecule has 0 fully saturated rings. The van der Waals surface area contributed by atoms with Gasteiger partial charge >= 0.3 is 6.61 Å². The van der Waals surface area contributed by atoms with Crippen molar-refractivity contribution in [3.63, 3.8) is 0 Å². The molecular weight excluding hydrogens is 394 g/mol. The predicted molar refractivity (Wildman–Crippen MR) is 108 cm³/mol. The third-order valence-corrected chi connectivity index (χ3v) is 4.15. The number of alkyl halides is 2. The molecule has 0 bridgehead atoms. The first-order chi connectivity index (χ1) is 14.5. The van der Waals surface area contributed by atoms with E-state index in [1.54, 1.807) is 30.5 Å². The molecule has 0 radical (unpaired) electrons. The Hall–Kier alpha value is -3.43. The summed E-state index contributed by atoms with van der Waals surface area (Å²) in [5.74, 6) is 2.72. The van der Waals surface area contributed by atoms with Gasteiger partial charge in [-0.1, -0.05) is 12.1 Å². The molecule has 0 aliphatic heterocycles. The Morgan fingerprint density at radius 1 is 1.30 bits per heavy atom. The summed E-state index contributed by atoms with van der Waals surface area (Å²) in [6.07, 6.45) is 2.17. The second-order valence-corrected chi connectivity index (χ2v) is 6.45. The van der Waals surface area contributed by atoms with Crippen molar-refractivity contribution in [1.29, 1.82) is 0 Å². The van der Waals surface area contributed by atoms with Gasteiger partial charge in [-0.15, -0.1) is 0 Å². The van der Waals surface area contributed by atoms with Gasteiger partial charge in [-0.2, -0.15) is 13.9 Å². The summed E-state index contributed by atoms with van der Waals surface area (Å²) in [6, 6.07) is 10.1. The number of rotatable bonds is 9. The zero-order chi connectivity index (χ0) is 21.3. The van der Waals surface area contributed by atoms with Gasteiger partial charge in [0, 0.05) is 33.1 Å². The van der Waals surface area contributed by atoms with Gasteiger partial charge in [-0.3, -0.25) is 10.1 Å². The minimum Gasteiger partial charge on any atom is -0.461 e. The van der Waals surface area contributed by atoms with E-state index in [-0.39, 0.29) is 5.75 Å².